The van der Waals surface area contributed by atoms with Gasteiger partial charge in [-0.3, -0.25) is 0 Å². The Hall–Kier alpha value is -7.42. The van der Waals surface area contributed by atoms with E-state index in [0.29, 0.717) is 0 Å². The lowest BCUT2D eigenvalue weighted by Gasteiger charge is -2.27. The number of fused-ring (bicyclic) bond motifs is 3. The van der Waals surface area contributed by atoms with Gasteiger partial charge in [-0.25, -0.2) is 0 Å². The van der Waals surface area contributed by atoms with Crippen LogP contribution < -0.4 is 4.90 Å². The summed E-state index contributed by atoms with van der Waals surface area (Å²) in [6.45, 7) is 0. The minimum absolute atomic E-state index is 1.09. The summed E-state index contributed by atoms with van der Waals surface area (Å²) in [6, 6.07) is 83.1. The molecule has 1 heterocycles. The van der Waals surface area contributed by atoms with Gasteiger partial charge in [0, 0.05) is 33.4 Å². The van der Waals surface area contributed by atoms with Gasteiger partial charge in [-0.1, -0.05) is 182 Å². The topological polar surface area (TPSA) is 8.17 Å². The van der Waals surface area contributed by atoms with E-state index < -0.39 is 0 Å². The van der Waals surface area contributed by atoms with Crippen molar-refractivity contribution in [3.8, 4) is 50.2 Å². The number of para-hydroxylation sites is 3. The van der Waals surface area contributed by atoms with Crippen molar-refractivity contribution in [2.45, 2.75) is 0 Å². The molecule has 1 aromatic heterocycles. The molecule has 0 aliphatic carbocycles. The average Bonchev–Trinajstić information content (AvgIpc) is 3.61. The van der Waals surface area contributed by atoms with E-state index in [-0.39, 0.29) is 0 Å². The molecule has 9 aromatic carbocycles. The van der Waals surface area contributed by atoms with Crippen LogP contribution in [0.1, 0.15) is 0 Å². The zero-order valence-electron chi connectivity index (χ0n) is 30.8. The Morgan fingerprint density at radius 3 is 1.46 bits per heavy atom. The Bertz CT molecular complexity index is 2930. The van der Waals surface area contributed by atoms with Crippen molar-refractivity contribution >= 4 is 38.9 Å². The second-order valence-corrected chi connectivity index (χ2v) is 14.1. The molecule has 10 aromatic rings. The lowest BCUT2D eigenvalue weighted by molar-refractivity contribution is 1.18. The Morgan fingerprint density at radius 1 is 0.268 bits per heavy atom. The largest absolute Gasteiger partial charge is 0.310 e. The summed E-state index contributed by atoms with van der Waals surface area (Å²) < 4.78 is 2.44. The van der Waals surface area contributed by atoms with Gasteiger partial charge in [0.1, 0.15) is 0 Å². The summed E-state index contributed by atoms with van der Waals surface area (Å²) in [5, 5.41) is 2.45. The van der Waals surface area contributed by atoms with Crippen LogP contribution in [0.15, 0.2) is 231 Å². The van der Waals surface area contributed by atoms with Gasteiger partial charge in [-0.2, -0.15) is 0 Å². The minimum Gasteiger partial charge on any atom is -0.310 e. The highest BCUT2D eigenvalue weighted by atomic mass is 15.1. The monoisotopic (exact) mass is 714 g/mol. The number of anilines is 3. The maximum atomic E-state index is 2.44. The van der Waals surface area contributed by atoms with Gasteiger partial charge >= 0.3 is 0 Å². The van der Waals surface area contributed by atoms with Gasteiger partial charge in [0.2, 0.25) is 0 Å². The van der Waals surface area contributed by atoms with Crippen molar-refractivity contribution in [3.63, 3.8) is 0 Å². The van der Waals surface area contributed by atoms with Crippen LogP contribution in [0.5, 0.6) is 0 Å². The fourth-order valence-electron chi connectivity index (χ4n) is 8.16. The molecule has 0 radical (unpaired) electrons. The van der Waals surface area contributed by atoms with E-state index in [2.05, 4.69) is 240 Å². The van der Waals surface area contributed by atoms with E-state index in [1.165, 1.54) is 60.8 Å². The number of hydrogen-bond acceptors (Lipinski definition) is 1. The van der Waals surface area contributed by atoms with Crippen LogP contribution in [0.2, 0.25) is 0 Å². The minimum atomic E-state index is 1.09. The molecule has 264 valence electrons. The molecule has 0 saturated heterocycles. The van der Waals surface area contributed by atoms with E-state index in [0.717, 1.165) is 28.3 Å². The molecular formula is C54H38N2. The third kappa shape index (κ3) is 6.04. The molecular weight excluding hydrogens is 677 g/mol. The van der Waals surface area contributed by atoms with Crippen molar-refractivity contribution in [3.05, 3.63) is 231 Å². The van der Waals surface area contributed by atoms with Crippen LogP contribution in [-0.2, 0) is 0 Å². The molecule has 0 unspecified atom stereocenters. The van der Waals surface area contributed by atoms with Gasteiger partial charge in [0.05, 0.1) is 16.7 Å². The zero-order chi connectivity index (χ0) is 37.3. The fraction of sp³-hybridized carbons (Fsp3) is 0. The summed E-state index contributed by atoms with van der Waals surface area (Å²) in [5.74, 6) is 0. The quantitative estimate of drug-likeness (QED) is 0.152. The molecule has 0 atom stereocenters. The molecule has 2 nitrogen and oxygen atoms in total. The van der Waals surface area contributed by atoms with Crippen LogP contribution in [0.3, 0.4) is 0 Å². The van der Waals surface area contributed by atoms with Crippen molar-refractivity contribution in [2.75, 3.05) is 4.90 Å². The van der Waals surface area contributed by atoms with E-state index in [1.54, 1.807) is 0 Å². The standard InChI is InChI=1S/C54H38N2/c1-5-17-39(18-6-1)40-29-31-43(32-30-40)51-37-45(33-35-47(51)41-19-7-2-8-20-41)55(44-23-11-4-12-24-44)46-34-36-50-49-26-14-16-28-53(49)56(54(50)38-46)52-27-15-13-25-48(52)42-21-9-3-10-22-42/h1-38H. The summed E-state index contributed by atoms with van der Waals surface area (Å²) in [6.07, 6.45) is 0. The van der Waals surface area contributed by atoms with Gasteiger partial charge in [-0.05, 0) is 87.5 Å². The van der Waals surface area contributed by atoms with Crippen LogP contribution >= 0.6 is 0 Å². The van der Waals surface area contributed by atoms with Crippen molar-refractivity contribution in [1.82, 2.24) is 4.57 Å². The Labute approximate surface area is 327 Å². The molecule has 10 rings (SSSR count). The zero-order valence-corrected chi connectivity index (χ0v) is 30.8. The van der Waals surface area contributed by atoms with Crippen LogP contribution in [0.4, 0.5) is 17.1 Å². The third-order valence-electron chi connectivity index (χ3n) is 10.8. The number of hydrogen-bond donors (Lipinski definition) is 0. The van der Waals surface area contributed by atoms with Gasteiger partial charge in [-0.15, -0.1) is 0 Å². The van der Waals surface area contributed by atoms with Gasteiger partial charge < -0.3 is 9.47 Å². The van der Waals surface area contributed by atoms with Crippen molar-refractivity contribution < 1.29 is 0 Å². The first-order valence-electron chi connectivity index (χ1n) is 19.2. The molecule has 0 aliphatic heterocycles. The normalized spacial score (nSPS) is 11.2. The highest BCUT2D eigenvalue weighted by Crippen LogP contribution is 2.43. The molecule has 0 spiro atoms. The summed E-state index contributed by atoms with van der Waals surface area (Å²) in [7, 11) is 0. The first-order chi connectivity index (χ1) is 27.8. The van der Waals surface area contributed by atoms with E-state index in [1.807, 2.05) is 0 Å². The summed E-state index contributed by atoms with van der Waals surface area (Å²) in [4.78, 5) is 2.39. The number of nitrogens with zero attached hydrogens (tertiary/aromatic N) is 2. The Morgan fingerprint density at radius 2 is 0.750 bits per heavy atom. The van der Waals surface area contributed by atoms with Crippen molar-refractivity contribution in [2.24, 2.45) is 0 Å². The van der Waals surface area contributed by atoms with E-state index in [4.69, 9.17) is 0 Å². The first-order valence-corrected chi connectivity index (χ1v) is 19.2. The molecule has 0 N–H and O–H groups in total. The third-order valence-corrected chi connectivity index (χ3v) is 10.8. The van der Waals surface area contributed by atoms with Gasteiger partial charge in [0.15, 0.2) is 0 Å². The van der Waals surface area contributed by atoms with Gasteiger partial charge in [0.25, 0.3) is 0 Å². The van der Waals surface area contributed by atoms with Crippen LogP contribution in [0, 0.1) is 0 Å². The molecule has 0 saturated carbocycles. The summed E-state index contributed by atoms with van der Waals surface area (Å²) >= 11 is 0. The molecule has 0 amide bonds. The number of aromatic nitrogens is 1. The lowest BCUT2D eigenvalue weighted by atomic mass is 9.92. The second kappa shape index (κ2) is 14.4. The molecule has 56 heavy (non-hydrogen) atoms. The SMILES string of the molecule is c1ccc(-c2ccc(-c3cc(N(c4ccccc4)c4ccc5c6ccccc6n(-c6ccccc6-c6ccccc6)c5c4)ccc3-c3ccccc3)cc2)cc1. The predicted octanol–water partition coefficient (Wildman–Crippen LogP) is 14.9. The lowest BCUT2D eigenvalue weighted by Crippen LogP contribution is -2.10. The first kappa shape index (κ1) is 33.2. The van der Waals surface area contributed by atoms with E-state index in [9.17, 15) is 0 Å². The second-order valence-electron chi connectivity index (χ2n) is 14.1. The van der Waals surface area contributed by atoms with Crippen LogP contribution in [0.25, 0.3) is 72.0 Å². The highest BCUT2D eigenvalue weighted by Gasteiger charge is 2.20. The predicted molar refractivity (Wildman–Crippen MR) is 237 cm³/mol. The Kier molecular flexibility index (Phi) is 8.55. The molecule has 0 fully saturated rings. The van der Waals surface area contributed by atoms with Crippen LogP contribution in [-0.4, -0.2) is 4.57 Å². The molecule has 0 aliphatic rings. The maximum absolute atomic E-state index is 2.44. The fourth-order valence-corrected chi connectivity index (χ4v) is 8.16. The maximum Gasteiger partial charge on any atom is 0.0562 e. The summed E-state index contributed by atoms with van der Waals surface area (Å²) in [5.41, 5.74) is 16.3. The Balaban J connectivity index is 1.18. The average molecular weight is 715 g/mol. The number of benzene rings is 9. The smallest absolute Gasteiger partial charge is 0.0562 e. The number of rotatable bonds is 8. The van der Waals surface area contributed by atoms with E-state index >= 15 is 0 Å². The highest BCUT2D eigenvalue weighted by molar-refractivity contribution is 6.11. The molecule has 2 heteroatoms. The molecule has 0 bridgehead atoms. The van der Waals surface area contributed by atoms with Crippen molar-refractivity contribution in [1.29, 1.82) is 0 Å².